The van der Waals surface area contributed by atoms with Gasteiger partial charge >= 0.3 is 0 Å². The molecule has 0 aromatic heterocycles. The van der Waals surface area contributed by atoms with Crippen molar-refractivity contribution in [2.45, 2.75) is 0 Å². The predicted octanol–water partition coefficient (Wildman–Crippen LogP) is 2.24. The molecule has 4 heteroatoms. The van der Waals surface area contributed by atoms with Gasteiger partial charge in [0, 0.05) is 9.13 Å². The van der Waals surface area contributed by atoms with E-state index < -0.39 is 0 Å². The van der Waals surface area contributed by atoms with Crippen LogP contribution in [0.2, 0.25) is 0 Å². The Morgan fingerprint density at radius 3 is 2.91 bits per heavy atom. The number of oxime groups is 1. The largest absolute Gasteiger partial charge is 0.411 e. The average molecular weight is 265 g/mol. The van der Waals surface area contributed by atoms with E-state index in [1.54, 1.807) is 12.1 Å². The molecule has 0 amide bonds. The molecular formula is C7H5FINO. The van der Waals surface area contributed by atoms with E-state index in [-0.39, 0.29) is 5.82 Å². The van der Waals surface area contributed by atoms with Gasteiger partial charge in [-0.3, -0.25) is 0 Å². The first-order valence-electron chi connectivity index (χ1n) is 2.86. The highest BCUT2D eigenvalue weighted by atomic mass is 127. The topological polar surface area (TPSA) is 32.6 Å². The zero-order chi connectivity index (χ0) is 8.27. The summed E-state index contributed by atoms with van der Waals surface area (Å²) >= 11 is 2.05. The second kappa shape index (κ2) is 3.66. The lowest BCUT2D eigenvalue weighted by molar-refractivity contribution is 0.321. The van der Waals surface area contributed by atoms with Gasteiger partial charge in [0.2, 0.25) is 0 Å². The van der Waals surface area contributed by atoms with E-state index in [9.17, 15) is 4.39 Å². The second-order valence-corrected chi connectivity index (χ2v) is 3.16. The van der Waals surface area contributed by atoms with Gasteiger partial charge in [0.25, 0.3) is 0 Å². The van der Waals surface area contributed by atoms with Crippen LogP contribution in [0.4, 0.5) is 4.39 Å². The molecule has 0 aliphatic heterocycles. The van der Waals surface area contributed by atoms with Crippen LogP contribution in [0.1, 0.15) is 5.56 Å². The minimum atomic E-state index is -0.386. The van der Waals surface area contributed by atoms with Gasteiger partial charge in [0.05, 0.1) is 6.21 Å². The van der Waals surface area contributed by atoms with Gasteiger partial charge in [0.15, 0.2) is 0 Å². The Bertz CT molecular complexity index is 288. The van der Waals surface area contributed by atoms with Gasteiger partial charge in [-0.05, 0) is 40.8 Å². The fourth-order valence-corrected chi connectivity index (χ4v) is 1.19. The number of rotatable bonds is 1. The highest BCUT2D eigenvalue weighted by molar-refractivity contribution is 14.1. The lowest BCUT2D eigenvalue weighted by Gasteiger charge is -1.94. The molecular weight excluding hydrogens is 260 g/mol. The summed E-state index contributed by atoms with van der Waals surface area (Å²) in [4.78, 5) is 0. The molecule has 1 aromatic carbocycles. The molecule has 1 N–H and O–H groups in total. The van der Waals surface area contributed by atoms with Crippen molar-refractivity contribution in [3.8, 4) is 0 Å². The van der Waals surface area contributed by atoms with Crippen molar-refractivity contribution >= 4 is 28.8 Å². The van der Waals surface area contributed by atoms with E-state index in [4.69, 9.17) is 5.21 Å². The van der Waals surface area contributed by atoms with Crippen molar-refractivity contribution in [1.29, 1.82) is 0 Å². The summed E-state index contributed by atoms with van der Waals surface area (Å²) in [6, 6.07) is 4.57. The van der Waals surface area contributed by atoms with Crippen LogP contribution in [0.25, 0.3) is 0 Å². The molecule has 58 valence electrons. The van der Waals surface area contributed by atoms with Crippen LogP contribution in [-0.2, 0) is 0 Å². The molecule has 0 saturated carbocycles. The summed E-state index contributed by atoms with van der Waals surface area (Å²) in [5.74, 6) is -0.386. The van der Waals surface area contributed by atoms with E-state index in [1.165, 1.54) is 6.07 Å². The van der Waals surface area contributed by atoms with Gasteiger partial charge < -0.3 is 5.21 Å². The average Bonchev–Trinajstić information content (AvgIpc) is 1.98. The Hall–Kier alpha value is -0.650. The van der Waals surface area contributed by atoms with Crippen LogP contribution in [0, 0.1) is 9.39 Å². The Labute approximate surface area is 76.9 Å². The molecule has 1 aromatic rings. The molecule has 0 atom stereocenters. The second-order valence-electron chi connectivity index (χ2n) is 1.91. The standard InChI is InChI=1S/C7H5FINO/c8-7-2-1-6(9)3-5(7)4-10-11/h1-4,11H. The van der Waals surface area contributed by atoms with Crippen LogP contribution in [0.3, 0.4) is 0 Å². The van der Waals surface area contributed by atoms with Crippen molar-refractivity contribution in [3.63, 3.8) is 0 Å². The third kappa shape index (κ3) is 2.14. The van der Waals surface area contributed by atoms with Gasteiger partial charge in [0.1, 0.15) is 5.82 Å². The number of nitrogens with zero attached hydrogens (tertiary/aromatic N) is 1. The molecule has 0 aliphatic rings. The summed E-state index contributed by atoms with van der Waals surface area (Å²) in [5.41, 5.74) is 0.291. The van der Waals surface area contributed by atoms with Crippen LogP contribution >= 0.6 is 22.6 Å². The minimum Gasteiger partial charge on any atom is -0.411 e. The van der Waals surface area contributed by atoms with Gasteiger partial charge in [-0.15, -0.1) is 0 Å². The first kappa shape index (κ1) is 8.45. The normalized spacial score (nSPS) is 10.7. The SMILES string of the molecule is ON=Cc1cc(I)ccc1F. The van der Waals surface area contributed by atoms with E-state index in [0.717, 1.165) is 9.78 Å². The number of halogens is 2. The Balaban J connectivity index is 3.12. The fourth-order valence-electron chi connectivity index (χ4n) is 0.676. The summed E-state index contributed by atoms with van der Waals surface area (Å²) in [6.07, 6.45) is 1.07. The number of hydrogen-bond donors (Lipinski definition) is 1. The van der Waals surface area contributed by atoms with Crippen molar-refractivity contribution in [2.75, 3.05) is 0 Å². The highest BCUT2D eigenvalue weighted by Crippen LogP contribution is 2.10. The van der Waals surface area contributed by atoms with Crippen LogP contribution < -0.4 is 0 Å². The first-order chi connectivity index (χ1) is 5.24. The quantitative estimate of drug-likeness (QED) is 0.359. The summed E-state index contributed by atoms with van der Waals surface area (Å²) in [7, 11) is 0. The zero-order valence-electron chi connectivity index (χ0n) is 5.46. The molecule has 0 spiro atoms. The van der Waals surface area contributed by atoms with E-state index in [0.29, 0.717) is 5.56 Å². The van der Waals surface area contributed by atoms with Gasteiger partial charge in [-0.2, -0.15) is 0 Å². The molecule has 2 nitrogen and oxygen atoms in total. The lowest BCUT2D eigenvalue weighted by Crippen LogP contribution is -1.88. The molecule has 1 rings (SSSR count). The van der Waals surface area contributed by atoms with Crippen molar-refractivity contribution in [3.05, 3.63) is 33.1 Å². The zero-order valence-corrected chi connectivity index (χ0v) is 7.62. The van der Waals surface area contributed by atoms with Crippen LogP contribution in [-0.4, -0.2) is 11.4 Å². The van der Waals surface area contributed by atoms with Gasteiger partial charge in [-0.25, -0.2) is 4.39 Å². The van der Waals surface area contributed by atoms with Crippen LogP contribution in [0.5, 0.6) is 0 Å². The Morgan fingerprint density at radius 2 is 2.27 bits per heavy atom. The Kier molecular flexibility index (Phi) is 2.81. The maximum atomic E-state index is 12.8. The fraction of sp³-hybridized carbons (Fsp3) is 0. The van der Waals surface area contributed by atoms with Crippen molar-refractivity contribution in [1.82, 2.24) is 0 Å². The third-order valence-electron chi connectivity index (χ3n) is 1.15. The number of benzene rings is 1. The third-order valence-corrected chi connectivity index (χ3v) is 1.83. The molecule has 0 fully saturated rings. The molecule has 0 aliphatic carbocycles. The summed E-state index contributed by atoms with van der Waals surface area (Å²) in [6.45, 7) is 0. The Morgan fingerprint density at radius 1 is 1.55 bits per heavy atom. The molecule has 0 bridgehead atoms. The van der Waals surface area contributed by atoms with E-state index >= 15 is 0 Å². The monoisotopic (exact) mass is 265 g/mol. The minimum absolute atomic E-state index is 0.291. The van der Waals surface area contributed by atoms with Gasteiger partial charge in [-0.1, -0.05) is 5.16 Å². The maximum absolute atomic E-state index is 12.8. The summed E-state index contributed by atoms with van der Waals surface area (Å²) in [5, 5.41) is 10.9. The number of hydrogen-bond acceptors (Lipinski definition) is 2. The lowest BCUT2D eigenvalue weighted by atomic mass is 10.2. The molecule has 11 heavy (non-hydrogen) atoms. The predicted molar refractivity (Wildman–Crippen MR) is 48.5 cm³/mol. The van der Waals surface area contributed by atoms with Crippen LogP contribution in [0.15, 0.2) is 23.4 Å². The molecule has 0 saturated heterocycles. The van der Waals surface area contributed by atoms with Crippen molar-refractivity contribution < 1.29 is 9.60 Å². The van der Waals surface area contributed by atoms with E-state index in [2.05, 4.69) is 27.7 Å². The molecule has 0 radical (unpaired) electrons. The van der Waals surface area contributed by atoms with Crippen molar-refractivity contribution in [2.24, 2.45) is 5.16 Å². The van der Waals surface area contributed by atoms with E-state index in [1.807, 2.05) is 0 Å². The smallest absolute Gasteiger partial charge is 0.132 e. The highest BCUT2D eigenvalue weighted by Gasteiger charge is 1.98. The molecule has 0 heterocycles. The first-order valence-corrected chi connectivity index (χ1v) is 3.94. The molecule has 0 unspecified atom stereocenters. The maximum Gasteiger partial charge on any atom is 0.132 e. The summed E-state index contributed by atoms with van der Waals surface area (Å²) < 4.78 is 13.7.